The monoisotopic (exact) mass is 230 g/mol. The minimum atomic E-state index is 0.628. The fraction of sp³-hybridized carbons (Fsp3) is 0.231. The molecule has 1 aromatic carbocycles. The highest BCUT2D eigenvalue weighted by molar-refractivity contribution is 7.99. The molecule has 0 radical (unpaired) electrons. The average Bonchev–Trinajstić information content (AvgIpc) is 2.96. The lowest BCUT2D eigenvalue weighted by atomic mass is 10.0. The van der Waals surface area contributed by atoms with Gasteiger partial charge in [-0.15, -0.1) is 11.8 Å². The fourth-order valence-corrected chi connectivity index (χ4v) is 3.31. The number of thioether (sulfide) groups is 1. The number of hydrogen-bond donors (Lipinski definition) is 1. The highest BCUT2D eigenvalue weighted by atomic mass is 32.2. The Morgan fingerprint density at radius 2 is 2.00 bits per heavy atom. The molecule has 0 aliphatic carbocycles. The van der Waals surface area contributed by atoms with Gasteiger partial charge in [-0.25, -0.2) is 0 Å². The molecule has 2 heterocycles. The van der Waals surface area contributed by atoms with Gasteiger partial charge in [0.15, 0.2) is 0 Å². The second kappa shape index (κ2) is 4.26. The van der Waals surface area contributed by atoms with Crippen molar-refractivity contribution >= 4 is 11.8 Å². The zero-order valence-electron chi connectivity index (χ0n) is 8.97. The van der Waals surface area contributed by atoms with Gasteiger partial charge >= 0.3 is 0 Å². The Morgan fingerprint density at radius 1 is 1.19 bits per heavy atom. The minimum absolute atomic E-state index is 0.628. The molecule has 82 valence electrons. The fourth-order valence-electron chi connectivity index (χ4n) is 2.05. The van der Waals surface area contributed by atoms with Crippen LogP contribution in [0.3, 0.4) is 0 Å². The van der Waals surface area contributed by atoms with Crippen LogP contribution in [0.25, 0.3) is 0 Å². The van der Waals surface area contributed by atoms with E-state index in [1.165, 1.54) is 16.2 Å². The summed E-state index contributed by atoms with van der Waals surface area (Å²) >= 11 is 1.96. The Hall–Kier alpha value is -1.35. The molecular formula is C13H14N2S. The molecule has 2 nitrogen and oxygen atoms in total. The number of aromatic nitrogens is 1. The van der Waals surface area contributed by atoms with E-state index in [-0.39, 0.29) is 0 Å². The van der Waals surface area contributed by atoms with Crippen molar-refractivity contribution in [1.29, 1.82) is 0 Å². The van der Waals surface area contributed by atoms with Crippen LogP contribution in [0, 0.1) is 0 Å². The van der Waals surface area contributed by atoms with E-state index in [1.807, 2.05) is 41.0 Å². The van der Waals surface area contributed by atoms with Gasteiger partial charge in [0.1, 0.15) is 0 Å². The van der Waals surface area contributed by atoms with E-state index in [2.05, 4.69) is 29.7 Å². The normalized spacial score (nSPS) is 18.4. The maximum Gasteiger partial charge on any atom is 0.0391 e. The SMILES string of the molecule is c1ccc2c(c1)SCC2CNn1cccc1. The molecule has 1 aliphatic heterocycles. The molecule has 16 heavy (non-hydrogen) atoms. The molecule has 1 N–H and O–H groups in total. The zero-order chi connectivity index (χ0) is 10.8. The van der Waals surface area contributed by atoms with Crippen molar-refractivity contribution in [3.05, 3.63) is 54.4 Å². The molecule has 1 atom stereocenters. The lowest BCUT2D eigenvalue weighted by molar-refractivity contribution is 0.736. The summed E-state index contributed by atoms with van der Waals surface area (Å²) in [5.41, 5.74) is 4.90. The summed E-state index contributed by atoms with van der Waals surface area (Å²) in [6.45, 7) is 0.999. The van der Waals surface area contributed by atoms with Crippen molar-refractivity contribution in [1.82, 2.24) is 4.68 Å². The molecule has 0 saturated carbocycles. The average molecular weight is 230 g/mol. The van der Waals surface area contributed by atoms with Crippen molar-refractivity contribution in [2.75, 3.05) is 17.7 Å². The lowest BCUT2D eigenvalue weighted by Crippen LogP contribution is -2.19. The first-order valence-electron chi connectivity index (χ1n) is 5.52. The van der Waals surface area contributed by atoms with Crippen LogP contribution in [0.15, 0.2) is 53.7 Å². The van der Waals surface area contributed by atoms with Crippen LogP contribution in [0.2, 0.25) is 0 Å². The number of rotatable bonds is 3. The quantitative estimate of drug-likeness (QED) is 0.873. The Morgan fingerprint density at radius 3 is 2.88 bits per heavy atom. The summed E-state index contributed by atoms with van der Waals surface area (Å²) in [6.07, 6.45) is 4.07. The molecule has 1 aromatic heterocycles. The van der Waals surface area contributed by atoms with Crippen LogP contribution in [0.1, 0.15) is 11.5 Å². The molecule has 0 saturated heterocycles. The first-order valence-corrected chi connectivity index (χ1v) is 6.50. The zero-order valence-corrected chi connectivity index (χ0v) is 9.78. The summed E-state index contributed by atoms with van der Waals surface area (Å²) in [7, 11) is 0. The van der Waals surface area contributed by atoms with E-state index in [0.717, 1.165) is 6.54 Å². The Kier molecular flexibility index (Phi) is 2.62. The molecule has 0 amide bonds. The van der Waals surface area contributed by atoms with Gasteiger partial charge in [0.2, 0.25) is 0 Å². The molecule has 0 bridgehead atoms. The third-order valence-electron chi connectivity index (χ3n) is 2.92. The van der Waals surface area contributed by atoms with Gasteiger partial charge in [-0.05, 0) is 23.8 Å². The minimum Gasteiger partial charge on any atom is -0.326 e. The first kappa shape index (κ1) is 9.85. The van der Waals surface area contributed by atoms with E-state index in [4.69, 9.17) is 0 Å². The van der Waals surface area contributed by atoms with E-state index in [0.29, 0.717) is 5.92 Å². The van der Waals surface area contributed by atoms with Gasteiger partial charge in [0.05, 0.1) is 0 Å². The standard InChI is InChI=1S/C13H14N2S/c1-2-6-13-12(5-1)11(10-16-13)9-14-15-7-3-4-8-15/h1-8,11,14H,9-10H2. The van der Waals surface area contributed by atoms with Crippen molar-refractivity contribution in [2.24, 2.45) is 0 Å². The molecule has 3 rings (SSSR count). The van der Waals surface area contributed by atoms with Crippen molar-refractivity contribution in [2.45, 2.75) is 10.8 Å². The maximum absolute atomic E-state index is 3.41. The molecular weight excluding hydrogens is 216 g/mol. The van der Waals surface area contributed by atoms with Crippen molar-refractivity contribution in [3.63, 3.8) is 0 Å². The van der Waals surface area contributed by atoms with Crippen LogP contribution < -0.4 is 5.43 Å². The van der Waals surface area contributed by atoms with Crippen molar-refractivity contribution in [3.8, 4) is 0 Å². The summed E-state index contributed by atoms with van der Waals surface area (Å²) in [5.74, 6) is 1.82. The van der Waals surface area contributed by atoms with E-state index >= 15 is 0 Å². The van der Waals surface area contributed by atoms with Gasteiger partial charge in [-0.2, -0.15) is 0 Å². The van der Waals surface area contributed by atoms with Crippen LogP contribution in [-0.4, -0.2) is 17.0 Å². The Labute approximate surface area is 99.6 Å². The van der Waals surface area contributed by atoms with E-state index < -0.39 is 0 Å². The smallest absolute Gasteiger partial charge is 0.0391 e. The second-order valence-corrected chi connectivity index (χ2v) is 5.06. The van der Waals surface area contributed by atoms with Gasteiger partial charge < -0.3 is 5.43 Å². The molecule has 1 unspecified atom stereocenters. The molecule has 0 spiro atoms. The number of fused-ring (bicyclic) bond motifs is 1. The third-order valence-corrected chi connectivity index (χ3v) is 4.18. The van der Waals surface area contributed by atoms with Gasteiger partial charge in [0.25, 0.3) is 0 Å². The predicted octanol–water partition coefficient (Wildman–Crippen LogP) is 2.92. The van der Waals surface area contributed by atoms with E-state index in [1.54, 1.807) is 0 Å². The largest absolute Gasteiger partial charge is 0.326 e. The number of hydrogen-bond acceptors (Lipinski definition) is 2. The van der Waals surface area contributed by atoms with Gasteiger partial charge in [-0.1, -0.05) is 18.2 Å². The number of benzene rings is 1. The summed E-state index contributed by atoms with van der Waals surface area (Å²) in [4.78, 5) is 1.45. The second-order valence-electron chi connectivity index (χ2n) is 4.00. The van der Waals surface area contributed by atoms with Gasteiger partial charge in [-0.3, -0.25) is 4.68 Å². The number of nitrogens with one attached hydrogen (secondary N) is 1. The van der Waals surface area contributed by atoms with E-state index in [9.17, 15) is 0 Å². The van der Waals surface area contributed by atoms with Crippen LogP contribution in [0.4, 0.5) is 0 Å². The summed E-state index contributed by atoms with van der Waals surface area (Å²) in [5, 5.41) is 0. The van der Waals surface area contributed by atoms with Gasteiger partial charge in [0, 0.05) is 35.5 Å². The maximum atomic E-state index is 3.41. The third kappa shape index (κ3) is 1.83. The number of nitrogens with zero attached hydrogens (tertiary/aromatic N) is 1. The van der Waals surface area contributed by atoms with Crippen LogP contribution >= 0.6 is 11.8 Å². The van der Waals surface area contributed by atoms with Crippen LogP contribution in [0.5, 0.6) is 0 Å². The molecule has 3 heteroatoms. The topological polar surface area (TPSA) is 17.0 Å². The highest BCUT2D eigenvalue weighted by Gasteiger charge is 2.22. The highest BCUT2D eigenvalue weighted by Crippen LogP contribution is 2.38. The first-order chi connectivity index (χ1) is 7.93. The van der Waals surface area contributed by atoms with Crippen LogP contribution in [-0.2, 0) is 0 Å². The Bertz CT molecular complexity index is 465. The van der Waals surface area contributed by atoms with Crippen molar-refractivity contribution < 1.29 is 0 Å². The molecule has 2 aromatic rings. The lowest BCUT2D eigenvalue weighted by Gasteiger charge is -2.13. The predicted molar refractivity (Wildman–Crippen MR) is 68.6 cm³/mol. The molecule has 0 fully saturated rings. The summed E-state index contributed by atoms with van der Waals surface area (Å²) < 4.78 is 2.02. The summed E-state index contributed by atoms with van der Waals surface area (Å²) in [6, 6.07) is 12.8. The molecule has 1 aliphatic rings. The Balaban J connectivity index is 1.69.